The maximum atomic E-state index is 11.7. The monoisotopic (exact) mass is 632 g/mol. The van der Waals surface area contributed by atoms with Crippen LogP contribution in [0.15, 0.2) is 55.6 Å². The van der Waals surface area contributed by atoms with Gasteiger partial charge in [0.1, 0.15) is 35.1 Å². The second-order valence-electron chi connectivity index (χ2n) is 10.4. The van der Waals surface area contributed by atoms with Gasteiger partial charge in [-0.2, -0.15) is 0 Å². The first-order valence-electron chi connectivity index (χ1n) is 16.8. The molecule has 46 heavy (non-hydrogen) atoms. The first-order valence-corrected chi connectivity index (χ1v) is 16.8. The highest BCUT2D eigenvalue weighted by Crippen LogP contribution is 2.29. The van der Waals surface area contributed by atoms with Gasteiger partial charge in [-0.1, -0.05) is 85.7 Å². The summed E-state index contributed by atoms with van der Waals surface area (Å²) in [6.45, 7) is 19.2. The molecule has 0 saturated heterocycles. The highest BCUT2D eigenvalue weighted by atomic mass is 16.5. The normalized spacial score (nSPS) is 13.4. The number of benzene rings is 2. The van der Waals surface area contributed by atoms with E-state index in [9.17, 15) is 19.2 Å². The van der Waals surface area contributed by atoms with Gasteiger partial charge in [0.25, 0.3) is 21.7 Å². The summed E-state index contributed by atoms with van der Waals surface area (Å²) in [5, 5.41) is 0. The zero-order valence-corrected chi connectivity index (χ0v) is 28.9. The van der Waals surface area contributed by atoms with Gasteiger partial charge in [0.2, 0.25) is 0 Å². The summed E-state index contributed by atoms with van der Waals surface area (Å²) in [5.41, 5.74) is 16.4. The molecule has 2 aliphatic heterocycles. The van der Waals surface area contributed by atoms with Crippen LogP contribution in [0.5, 0.6) is 5.75 Å². The van der Waals surface area contributed by atoms with E-state index in [1.807, 2.05) is 63.5 Å². The van der Waals surface area contributed by atoms with Gasteiger partial charge in [-0.25, -0.2) is 0 Å². The minimum atomic E-state index is -0.576. The van der Waals surface area contributed by atoms with Crippen LogP contribution in [-0.2, 0) is 32.4 Å². The van der Waals surface area contributed by atoms with Crippen molar-refractivity contribution in [2.75, 3.05) is 41.0 Å². The van der Waals surface area contributed by atoms with Gasteiger partial charge in [-0.3, -0.25) is 19.2 Å². The van der Waals surface area contributed by atoms with Crippen molar-refractivity contribution in [3.63, 3.8) is 0 Å². The Labute approximate surface area is 273 Å². The number of ether oxygens (including phenoxy) is 1. The molecule has 0 amide bonds. The molecule has 2 heterocycles. The number of hydrogen-bond acceptors (Lipinski definition) is 9. The van der Waals surface area contributed by atoms with Gasteiger partial charge in [0.05, 0.1) is 6.54 Å². The van der Waals surface area contributed by atoms with Crippen molar-refractivity contribution in [1.29, 1.82) is 0 Å². The smallest absolute Gasteiger partial charge is 0.253 e. The van der Waals surface area contributed by atoms with Crippen molar-refractivity contribution in [2.24, 2.45) is 0 Å². The molecule has 0 radical (unpaired) electrons. The first-order chi connectivity index (χ1) is 22.2. The van der Waals surface area contributed by atoms with Crippen LogP contribution in [0.25, 0.3) is 0 Å². The number of aryl methyl sites for hydroxylation is 3. The molecule has 9 nitrogen and oxygen atoms in total. The lowest BCUT2D eigenvalue weighted by Crippen LogP contribution is -2.43. The van der Waals surface area contributed by atoms with Gasteiger partial charge >= 0.3 is 0 Å². The fourth-order valence-corrected chi connectivity index (χ4v) is 5.51. The van der Waals surface area contributed by atoms with Crippen LogP contribution in [0.3, 0.4) is 0 Å². The van der Waals surface area contributed by atoms with Crippen molar-refractivity contribution in [2.45, 2.75) is 94.2 Å². The third kappa shape index (κ3) is 8.05. The van der Waals surface area contributed by atoms with Crippen LogP contribution in [0.4, 0.5) is 22.7 Å². The molecule has 0 aliphatic carbocycles. The highest BCUT2D eigenvalue weighted by molar-refractivity contribution is 5.73. The Kier molecular flexibility index (Phi) is 14.7. The summed E-state index contributed by atoms with van der Waals surface area (Å²) in [4.78, 5) is 49.7. The maximum Gasteiger partial charge on any atom is 0.253 e. The zero-order valence-electron chi connectivity index (χ0n) is 28.9. The molecular formula is C37H52N4O5. The van der Waals surface area contributed by atoms with Crippen LogP contribution in [-0.4, -0.2) is 19.7 Å². The number of hydrogen-bond donors (Lipinski definition) is 2. The molecule has 4 N–H and O–H groups in total. The molecule has 4 aromatic rings. The SMILES string of the molecule is CC.CC.CC.CCc1ccc2c(c1)CN(c1c(N)c(=O)c1=O)CCC2.CCc1ccc2c(c1)CN(c1c(N)c(=O)c1=O)CCO2. The van der Waals surface area contributed by atoms with Crippen LogP contribution < -0.4 is 47.7 Å². The minimum absolute atomic E-state index is 0.0742. The van der Waals surface area contributed by atoms with Gasteiger partial charge in [0, 0.05) is 25.2 Å². The quantitative estimate of drug-likeness (QED) is 0.288. The molecule has 0 atom stereocenters. The molecule has 0 fully saturated rings. The highest BCUT2D eigenvalue weighted by Gasteiger charge is 2.27. The standard InChI is InChI=1S/C16H18N2O2.C15H16N2O3.3C2H6/c1-2-10-5-6-11-4-3-7-18(9-12(11)8-10)14-13(17)15(19)16(14)20;1-2-9-3-4-11-10(7-9)8-17(5-6-20-11)13-12(16)14(18)15(13)19;3*1-2/h5-6,8H,2-4,7,9,17H2,1H3;3-4,7H,2,5-6,8,16H2,1H3;3*1-2H3. The Balaban J connectivity index is 0.000000276. The average Bonchev–Trinajstić information content (AvgIpc) is 3.45. The van der Waals surface area contributed by atoms with Gasteiger partial charge in [-0.15, -0.1) is 0 Å². The van der Waals surface area contributed by atoms with Crippen molar-refractivity contribution >= 4 is 22.7 Å². The van der Waals surface area contributed by atoms with Crippen LogP contribution >= 0.6 is 0 Å². The summed E-state index contributed by atoms with van der Waals surface area (Å²) in [7, 11) is 0. The van der Waals surface area contributed by atoms with E-state index in [1.165, 1.54) is 22.3 Å². The topological polar surface area (TPSA) is 136 Å². The maximum absolute atomic E-state index is 11.7. The van der Waals surface area contributed by atoms with Gasteiger partial charge in [0.15, 0.2) is 0 Å². The fraction of sp³-hybridized carbons (Fsp3) is 0.459. The van der Waals surface area contributed by atoms with E-state index in [1.54, 1.807) is 0 Å². The molecule has 4 aromatic carbocycles. The number of nitrogens with zero attached hydrogens (tertiary/aromatic N) is 2. The van der Waals surface area contributed by atoms with Gasteiger partial charge in [-0.05, 0) is 54.0 Å². The Morgan fingerprint density at radius 1 is 0.630 bits per heavy atom. The predicted molar refractivity (Wildman–Crippen MR) is 193 cm³/mol. The second-order valence-corrected chi connectivity index (χ2v) is 10.4. The number of nitrogen functional groups attached to an aromatic ring is 2. The Morgan fingerprint density at radius 2 is 1.11 bits per heavy atom. The van der Waals surface area contributed by atoms with Gasteiger partial charge < -0.3 is 26.0 Å². The number of anilines is 4. The first kappa shape index (κ1) is 37.8. The van der Waals surface area contributed by atoms with E-state index in [2.05, 4.69) is 38.1 Å². The lowest BCUT2D eigenvalue weighted by Gasteiger charge is -2.25. The molecule has 0 saturated carbocycles. The van der Waals surface area contributed by atoms with E-state index in [0.29, 0.717) is 37.6 Å². The summed E-state index contributed by atoms with van der Waals surface area (Å²) < 4.78 is 5.69. The third-order valence-corrected chi connectivity index (χ3v) is 7.90. The van der Waals surface area contributed by atoms with Crippen LogP contribution in [0.2, 0.25) is 0 Å². The van der Waals surface area contributed by atoms with Crippen molar-refractivity contribution in [1.82, 2.24) is 0 Å². The lowest BCUT2D eigenvalue weighted by molar-refractivity contribution is 0.331. The van der Waals surface area contributed by atoms with E-state index in [4.69, 9.17) is 16.2 Å². The third-order valence-electron chi connectivity index (χ3n) is 7.90. The molecular weight excluding hydrogens is 580 g/mol. The molecule has 0 aromatic heterocycles. The fourth-order valence-electron chi connectivity index (χ4n) is 5.51. The van der Waals surface area contributed by atoms with E-state index >= 15 is 0 Å². The lowest BCUT2D eigenvalue weighted by atomic mass is 10.00. The largest absolute Gasteiger partial charge is 0.491 e. The molecule has 6 rings (SSSR count). The molecule has 250 valence electrons. The van der Waals surface area contributed by atoms with Crippen molar-refractivity contribution in [3.05, 3.63) is 105 Å². The van der Waals surface area contributed by atoms with E-state index in [-0.39, 0.29) is 11.4 Å². The predicted octanol–water partition coefficient (Wildman–Crippen LogP) is 5.28. The van der Waals surface area contributed by atoms with E-state index in [0.717, 1.165) is 43.5 Å². The minimum Gasteiger partial charge on any atom is -0.491 e. The summed E-state index contributed by atoms with van der Waals surface area (Å²) in [6, 6.07) is 12.6. The Bertz CT molecular complexity index is 1580. The van der Waals surface area contributed by atoms with Crippen LogP contribution in [0, 0.1) is 0 Å². The zero-order chi connectivity index (χ0) is 34.6. The van der Waals surface area contributed by atoms with Crippen molar-refractivity contribution < 1.29 is 4.74 Å². The molecule has 9 heteroatoms. The Morgan fingerprint density at radius 3 is 1.63 bits per heavy atom. The summed E-state index contributed by atoms with van der Waals surface area (Å²) in [5.74, 6) is 0.835. The average molecular weight is 633 g/mol. The van der Waals surface area contributed by atoms with Crippen LogP contribution in [0.1, 0.15) is 89.6 Å². The summed E-state index contributed by atoms with van der Waals surface area (Å²) >= 11 is 0. The molecule has 0 bridgehead atoms. The second kappa shape index (κ2) is 17.9. The van der Waals surface area contributed by atoms with E-state index < -0.39 is 21.7 Å². The number of rotatable bonds is 4. The summed E-state index contributed by atoms with van der Waals surface area (Å²) in [6.07, 6.45) is 3.91. The molecule has 0 spiro atoms. The number of nitrogens with two attached hydrogens (primary N) is 2. The molecule has 0 unspecified atom stereocenters. The Hall–Kier alpha value is -4.40. The number of fused-ring (bicyclic) bond motifs is 2. The molecule has 2 aliphatic rings. The van der Waals surface area contributed by atoms with Crippen molar-refractivity contribution in [3.8, 4) is 5.75 Å².